The van der Waals surface area contributed by atoms with Gasteiger partial charge in [0, 0.05) is 24.0 Å². The number of hydrogen-bond acceptors (Lipinski definition) is 3. The maximum Gasteiger partial charge on any atom is 0.256 e. The van der Waals surface area contributed by atoms with Crippen molar-refractivity contribution in [2.45, 2.75) is 26.8 Å². The van der Waals surface area contributed by atoms with E-state index in [1.165, 1.54) is 5.56 Å². The molecule has 0 saturated carbocycles. The summed E-state index contributed by atoms with van der Waals surface area (Å²) in [5.74, 6) is 0.411. The Bertz CT molecular complexity index is 905. The highest BCUT2D eigenvalue weighted by molar-refractivity contribution is 6.03. The number of rotatable bonds is 6. The Morgan fingerprint density at radius 1 is 1.04 bits per heavy atom. The van der Waals surface area contributed by atoms with Gasteiger partial charge >= 0.3 is 0 Å². The van der Waals surface area contributed by atoms with Crippen molar-refractivity contribution in [2.24, 2.45) is 0 Å². The zero-order chi connectivity index (χ0) is 18.4. The summed E-state index contributed by atoms with van der Waals surface area (Å²) in [6.45, 7) is 4.78. The van der Waals surface area contributed by atoms with Gasteiger partial charge in [0.2, 0.25) is 0 Å². The lowest BCUT2D eigenvalue weighted by atomic mass is 10.1. The molecule has 26 heavy (non-hydrogen) atoms. The minimum Gasteiger partial charge on any atom is -0.381 e. The summed E-state index contributed by atoms with van der Waals surface area (Å²) in [6, 6.07) is 19.7. The molecule has 4 heteroatoms. The first kappa shape index (κ1) is 17.7. The fourth-order valence-electron chi connectivity index (χ4n) is 2.81. The van der Waals surface area contributed by atoms with Crippen molar-refractivity contribution >= 4 is 17.4 Å². The van der Waals surface area contributed by atoms with E-state index in [0.29, 0.717) is 17.9 Å². The van der Waals surface area contributed by atoms with Gasteiger partial charge in [-0.25, -0.2) is 4.98 Å². The average Bonchev–Trinajstić information content (AvgIpc) is 2.67. The smallest absolute Gasteiger partial charge is 0.256 e. The number of carbonyl (C=O) groups excluding carboxylic acids is 1. The number of carbonyl (C=O) groups is 1. The molecule has 1 heterocycles. The molecule has 0 aliphatic carbocycles. The largest absolute Gasteiger partial charge is 0.381 e. The summed E-state index contributed by atoms with van der Waals surface area (Å²) >= 11 is 0. The number of aryl methyl sites for hydroxylation is 2. The van der Waals surface area contributed by atoms with Gasteiger partial charge in [-0.2, -0.15) is 0 Å². The Balaban J connectivity index is 1.68. The van der Waals surface area contributed by atoms with Crippen LogP contribution in [-0.2, 0) is 13.0 Å². The summed E-state index contributed by atoms with van der Waals surface area (Å²) in [5, 5.41) is 6.31. The number of anilines is 2. The highest BCUT2D eigenvalue weighted by Crippen LogP contribution is 2.17. The van der Waals surface area contributed by atoms with Crippen LogP contribution in [-0.4, -0.2) is 10.9 Å². The molecule has 0 radical (unpaired) electrons. The molecule has 0 unspecified atom stereocenters. The topological polar surface area (TPSA) is 54.0 Å². The third kappa shape index (κ3) is 4.48. The zero-order valence-electron chi connectivity index (χ0n) is 15.1. The lowest BCUT2D eigenvalue weighted by molar-refractivity contribution is 0.102. The van der Waals surface area contributed by atoms with Gasteiger partial charge in [0.25, 0.3) is 5.91 Å². The number of aromatic nitrogens is 1. The van der Waals surface area contributed by atoms with Crippen molar-refractivity contribution in [2.75, 3.05) is 10.6 Å². The normalized spacial score (nSPS) is 10.4. The van der Waals surface area contributed by atoms with Gasteiger partial charge < -0.3 is 10.6 Å². The molecule has 0 fully saturated rings. The van der Waals surface area contributed by atoms with E-state index in [4.69, 9.17) is 0 Å². The minimum absolute atomic E-state index is 0.154. The van der Waals surface area contributed by atoms with Crippen LogP contribution < -0.4 is 10.6 Å². The van der Waals surface area contributed by atoms with Crippen molar-refractivity contribution in [3.63, 3.8) is 0 Å². The SMILES string of the molecule is CCc1ccccc1NCc1cccc(C(=O)Nc2cc(C)ccn2)c1. The Kier molecular flexibility index (Phi) is 5.64. The molecule has 132 valence electrons. The maximum absolute atomic E-state index is 12.5. The van der Waals surface area contributed by atoms with Crippen molar-refractivity contribution < 1.29 is 4.79 Å². The van der Waals surface area contributed by atoms with Crippen LogP contribution in [0.5, 0.6) is 0 Å². The number of amides is 1. The molecule has 0 aliphatic heterocycles. The van der Waals surface area contributed by atoms with Gasteiger partial charge in [0.15, 0.2) is 0 Å². The van der Waals surface area contributed by atoms with Crippen LogP contribution in [0.1, 0.15) is 34.0 Å². The molecule has 0 aliphatic rings. The predicted octanol–water partition coefficient (Wildman–Crippen LogP) is 4.82. The van der Waals surface area contributed by atoms with Crippen LogP contribution in [0.4, 0.5) is 11.5 Å². The van der Waals surface area contributed by atoms with Gasteiger partial charge in [-0.05, 0) is 60.4 Å². The summed E-state index contributed by atoms with van der Waals surface area (Å²) in [5.41, 5.74) is 5.15. The summed E-state index contributed by atoms with van der Waals surface area (Å²) in [7, 11) is 0. The molecule has 0 spiro atoms. The highest BCUT2D eigenvalue weighted by Gasteiger charge is 2.08. The molecular formula is C22H23N3O. The van der Waals surface area contributed by atoms with Crippen LogP contribution in [0.25, 0.3) is 0 Å². The van der Waals surface area contributed by atoms with Gasteiger partial charge in [-0.1, -0.05) is 37.3 Å². The number of para-hydroxylation sites is 1. The Morgan fingerprint density at radius 3 is 2.69 bits per heavy atom. The van der Waals surface area contributed by atoms with Gasteiger partial charge in [0.05, 0.1) is 0 Å². The van der Waals surface area contributed by atoms with Gasteiger partial charge in [-0.15, -0.1) is 0 Å². The van der Waals surface area contributed by atoms with Crippen molar-refractivity contribution in [1.29, 1.82) is 0 Å². The number of nitrogens with zero attached hydrogens (tertiary/aromatic N) is 1. The predicted molar refractivity (Wildman–Crippen MR) is 107 cm³/mol. The Labute approximate surface area is 154 Å². The van der Waals surface area contributed by atoms with Crippen LogP contribution in [0.15, 0.2) is 66.9 Å². The lowest BCUT2D eigenvalue weighted by Gasteiger charge is -2.12. The fourth-order valence-corrected chi connectivity index (χ4v) is 2.81. The van der Waals surface area contributed by atoms with Crippen molar-refractivity contribution in [1.82, 2.24) is 4.98 Å². The number of benzene rings is 2. The Morgan fingerprint density at radius 2 is 1.88 bits per heavy atom. The average molecular weight is 345 g/mol. The molecular weight excluding hydrogens is 322 g/mol. The molecule has 2 aromatic carbocycles. The van der Waals surface area contributed by atoms with E-state index < -0.39 is 0 Å². The molecule has 4 nitrogen and oxygen atoms in total. The zero-order valence-corrected chi connectivity index (χ0v) is 15.1. The first-order valence-corrected chi connectivity index (χ1v) is 8.80. The first-order chi connectivity index (χ1) is 12.7. The van der Waals surface area contributed by atoms with Crippen LogP contribution in [0.3, 0.4) is 0 Å². The van der Waals surface area contributed by atoms with E-state index in [0.717, 1.165) is 23.2 Å². The molecule has 1 aromatic heterocycles. The van der Waals surface area contributed by atoms with E-state index in [2.05, 4.69) is 34.7 Å². The van der Waals surface area contributed by atoms with E-state index in [1.54, 1.807) is 6.20 Å². The summed E-state index contributed by atoms with van der Waals surface area (Å²) < 4.78 is 0. The molecule has 1 amide bonds. The van der Waals surface area contributed by atoms with Crippen LogP contribution in [0.2, 0.25) is 0 Å². The second-order valence-electron chi connectivity index (χ2n) is 6.24. The molecule has 3 rings (SSSR count). The van der Waals surface area contributed by atoms with Crippen LogP contribution in [0, 0.1) is 6.92 Å². The van der Waals surface area contributed by atoms with Gasteiger partial charge in [-0.3, -0.25) is 4.79 Å². The highest BCUT2D eigenvalue weighted by atomic mass is 16.1. The van der Waals surface area contributed by atoms with E-state index in [9.17, 15) is 4.79 Å². The van der Waals surface area contributed by atoms with Gasteiger partial charge in [0.1, 0.15) is 5.82 Å². The first-order valence-electron chi connectivity index (χ1n) is 8.80. The molecule has 3 aromatic rings. The van der Waals surface area contributed by atoms with Crippen molar-refractivity contribution in [3.05, 3.63) is 89.1 Å². The Hall–Kier alpha value is -3.14. The summed E-state index contributed by atoms with van der Waals surface area (Å²) in [4.78, 5) is 16.7. The second-order valence-corrected chi connectivity index (χ2v) is 6.24. The molecule has 0 atom stereocenters. The second kappa shape index (κ2) is 8.30. The van der Waals surface area contributed by atoms with E-state index >= 15 is 0 Å². The van der Waals surface area contributed by atoms with Crippen LogP contribution >= 0.6 is 0 Å². The third-order valence-corrected chi connectivity index (χ3v) is 4.23. The number of pyridine rings is 1. The summed E-state index contributed by atoms with van der Waals surface area (Å²) in [6.07, 6.45) is 2.67. The molecule has 0 saturated heterocycles. The number of hydrogen-bond donors (Lipinski definition) is 2. The fraction of sp³-hybridized carbons (Fsp3) is 0.182. The maximum atomic E-state index is 12.5. The van der Waals surface area contributed by atoms with E-state index in [1.807, 2.05) is 55.5 Å². The lowest BCUT2D eigenvalue weighted by Crippen LogP contribution is -2.13. The quantitative estimate of drug-likeness (QED) is 0.673. The molecule has 0 bridgehead atoms. The monoisotopic (exact) mass is 345 g/mol. The third-order valence-electron chi connectivity index (χ3n) is 4.23. The number of nitrogens with one attached hydrogen (secondary N) is 2. The molecule has 2 N–H and O–H groups in total. The standard InChI is InChI=1S/C22H23N3O/c1-3-18-8-4-5-10-20(18)24-15-17-7-6-9-19(14-17)22(26)25-21-13-16(2)11-12-23-21/h4-14,24H,3,15H2,1-2H3,(H,23,25,26). The minimum atomic E-state index is -0.154. The van der Waals surface area contributed by atoms with E-state index in [-0.39, 0.29) is 5.91 Å². The van der Waals surface area contributed by atoms with Crippen molar-refractivity contribution in [3.8, 4) is 0 Å².